The fraction of sp³-hybridized carbons (Fsp3) is 0.133. The van der Waals surface area contributed by atoms with Gasteiger partial charge in [-0.3, -0.25) is 0 Å². The van der Waals surface area contributed by atoms with Crippen molar-refractivity contribution in [2.45, 2.75) is 6.92 Å². The van der Waals surface area contributed by atoms with Gasteiger partial charge in [-0.1, -0.05) is 18.2 Å². The number of benzene rings is 1. The molecular formula is C15H14N2OS. The van der Waals surface area contributed by atoms with Crippen LogP contribution in [0.3, 0.4) is 0 Å². The van der Waals surface area contributed by atoms with E-state index in [0.29, 0.717) is 11.3 Å². The zero-order valence-corrected chi connectivity index (χ0v) is 11.6. The molecule has 3 nitrogen and oxygen atoms in total. The predicted octanol–water partition coefficient (Wildman–Crippen LogP) is 3.42. The number of nitrogens with two attached hydrogens (primary N) is 1. The summed E-state index contributed by atoms with van der Waals surface area (Å²) in [4.78, 5) is 0.875. The van der Waals surface area contributed by atoms with Gasteiger partial charge in [0.15, 0.2) is 0 Å². The van der Waals surface area contributed by atoms with Crippen molar-refractivity contribution in [1.82, 2.24) is 0 Å². The molecule has 19 heavy (non-hydrogen) atoms. The maximum Gasteiger partial charge on any atom is 0.122 e. The molecule has 1 heterocycles. The molecule has 4 heteroatoms. The van der Waals surface area contributed by atoms with Crippen LogP contribution < -0.4 is 10.5 Å². The first kappa shape index (κ1) is 13.2. The Morgan fingerprint density at radius 1 is 1.37 bits per heavy atom. The topological polar surface area (TPSA) is 59.0 Å². The molecule has 2 N–H and O–H groups in total. The van der Waals surface area contributed by atoms with Gasteiger partial charge in [0.05, 0.1) is 18.4 Å². The highest BCUT2D eigenvalue weighted by atomic mass is 32.1. The van der Waals surface area contributed by atoms with Crippen LogP contribution in [0.15, 0.2) is 35.7 Å². The summed E-state index contributed by atoms with van der Waals surface area (Å²) in [7, 11) is 1.62. The van der Waals surface area contributed by atoms with E-state index in [1.54, 1.807) is 7.11 Å². The molecule has 0 bridgehead atoms. The molecule has 0 atom stereocenters. The molecule has 0 aliphatic carbocycles. The first-order chi connectivity index (χ1) is 9.17. The Morgan fingerprint density at radius 2 is 2.16 bits per heavy atom. The van der Waals surface area contributed by atoms with Crippen LogP contribution in [0.25, 0.3) is 11.3 Å². The summed E-state index contributed by atoms with van der Waals surface area (Å²) in [5, 5.41) is 11.2. The maximum absolute atomic E-state index is 9.30. The highest BCUT2D eigenvalue weighted by molar-refractivity contribution is 7.11. The van der Waals surface area contributed by atoms with Crippen molar-refractivity contribution < 1.29 is 4.74 Å². The number of rotatable bonds is 3. The molecule has 0 aliphatic heterocycles. The summed E-state index contributed by atoms with van der Waals surface area (Å²) in [5.74, 6) is 0.768. The molecule has 0 aliphatic rings. The van der Waals surface area contributed by atoms with E-state index in [-0.39, 0.29) is 0 Å². The fourth-order valence-corrected chi connectivity index (χ4v) is 2.54. The molecular weight excluding hydrogens is 256 g/mol. The molecule has 0 amide bonds. The first-order valence-corrected chi connectivity index (χ1v) is 6.64. The zero-order chi connectivity index (χ0) is 13.8. The number of hydrogen-bond donors (Lipinski definition) is 1. The van der Waals surface area contributed by atoms with Gasteiger partial charge in [-0.2, -0.15) is 5.26 Å². The number of hydrogen-bond acceptors (Lipinski definition) is 4. The monoisotopic (exact) mass is 270 g/mol. The van der Waals surface area contributed by atoms with E-state index in [1.165, 1.54) is 11.3 Å². The highest BCUT2D eigenvalue weighted by Gasteiger charge is 2.10. The zero-order valence-electron chi connectivity index (χ0n) is 10.8. The van der Waals surface area contributed by atoms with Gasteiger partial charge in [-0.25, -0.2) is 0 Å². The number of allylic oxidation sites excluding steroid dienone is 1. The van der Waals surface area contributed by atoms with Gasteiger partial charge in [-0.15, -0.1) is 11.3 Å². The van der Waals surface area contributed by atoms with Crippen molar-refractivity contribution in [2.75, 3.05) is 7.11 Å². The Labute approximate surface area is 116 Å². The summed E-state index contributed by atoms with van der Waals surface area (Å²) in [6.07, 6.45) is 0. The van der Waals surface area contributed by atoms with E-state index >= 15 is 0 Å². The summed E-state index contributed by atoms with van der Waals surface area (Å²) in [6, 6.07) is 11.7. The van der Waals surface area contributed by atoms with Crippen LogP contribution in [0.1, 0.15) is 16.0 Å². The molecule has 2 rings (SSSR count). The second kappa shape index (κ2) is 5.59. The number of methoxy groups -OCH3 is 1. The molecule has 0 fully saturated rings. The second-order valence-corrected chi connectivity index (χ2v) is 5.01. The summed E-state index contributed by atoms with van der Waals surface area (Å²) >= 11 is 1.50. The molecule has 1 aromatic carbocycles. The maximum atomic E-state index is 9.30. The summed E-state index contributed by atoms with van der Waals surface area (Å²) in [5.41, 5.74) is 8.93. The van der Waals surface area contributed by atoms with Crippen LogP contribution in [0.2, 0.25) is 0 Å². The Hall–Kier alpha value is -2.25. The Morgan fingerprint density at radius 3 is 2.74 bits per heavy atom. The van der Waals surface area contributed by atoms with E-state index in [4.69, 9.17) is 10.5 Å². The minimum atomic E-state index is 0.475. The molecule has 0 saturated carbocycles. The Balaban J connectivity index is 2.54. The lowest BCUT2D eigenvalue weighted by molar-refractivity contribution is 0.411. The minimum Gasteiger partial charge on any atom is -0.496 e. The van der Waals surface area contributed by atoms with Crippen molar-refractivity contribution in [1.29, 1.82) is 5.26 Å². The van der Waals surface area contributed by atoms with E-state index < -0.39 is 0 Å². The van der Waals surface area contributed by atoms with Crippen molar-refractivity contribution in [3.8, 4) is 11.8 Å². The van der Waals surface area contributed by atoms with Crippen molar-refractivity contribution in [3.63, 3.8) is 0 Å². The molecule has 0 spiro atoms. The fourth-order valence-electron chi connectivity index (χ4n) is 1.80. The van der Waals surface area contributed by atoms with Crippen LogP contribution in [0, 0.1) is 18.3 Å². The van der Waals surface area contributed by atoms with Crippen LogP contribution in [0.5, 0.6) is 5.75 Å². The predicted molar refractivity (Wildman–Crippen MR) is 78.7 cm³/mol. The van der Waals surface area contributed by atoms with Gasteiger partial charge in [-0.05, 0) is 30.0 Å². The standard InChI is InChI=1S/C15H14N2OS/c1-10-5-6-11(8-13(10)18-2)15(17)12(9-16)14-4-3-7-19-14/h3-8H,17H2,1-2H3/b15-12+. The average Bonchev–Trinajstić information content (AvgIpc) is 2.94. The van der Waals surface area contributed by atoms with Gasteiger partial charge in [0.2, 0.25) is 0 Å². The van der Waals surface area contributed by atoms with Crippen LogP contribution in [0.4, 0.5) is 0 Å². The Kier molecular flexibility index (Phi) is 3.88. The van der Waals surface area contributed by atoms with Gasteiger partial charge in [0.25, 0.3) is 0 Å². The van der Waals surface area contributed by atoms with Gasteiger partial charge >= 0.3 is 0 Å². The molecule has 0 unspecified atom stereocenters. The van der Waals surface area contributed by atoms with E-state index in [2.05, 4.69) is 6.07 Å². The molecule has 2 aromatic rings. The smallest absolute Gasteiger partial charge is 0.122 e. The van der Waals surface area contributed by atoms with Crippen LogP contribution in [-0.4, -0.2) is 7.11 Å². The number of thiophene rings is 1. The molecule has 96 valence electrons. The first-order valence-electron chi connectivity index (χ1n) is 5.76. The van der Waals surface area contributed by atoms with Gasteiger partial charge in [0, 0.05) is 10.4 Å². The number of ether oxygens (including phenoxy) is 1. The highest BCUT2D eigenvalue weighted by Crippen LogP contribution is 2.28. The largest absolute Gasteiger partial charge is 0.496 e. The molecule has 0 saturated heterocycles. The van der Waals surface area contributed by atoms with E-state index in [1.807, 2.05) is 42.6 Å². The summed E-state index contributed by atoms with van der Waals surface area (Å²) < 4.78 is 5.28. The van der Waals surface area contributed by atoms with Crippen LogP contribution >= 0.6 is 11.3 Å². The lowest BCUT2D eigenvalue weighted by atomic mass is 10.0. The number of aryl methyl sites for hydroxylation is 1. The van der Waals surface area contributed by atoms with E-state index in [9.17, 15) is 5.26 Å². The van der Waals surface area contributed by atoms with Crippen LogP contribution in [-0.2, 0) is 0 Å². The van der Waals surface area contributed by atoms with Crippen molar-refractivity contribution >= 4 is 22.6 Å². The average molecular weight is 270 g/mol. The molecule has 0 radical (unpaired) electrons. The third-order valence-corrected chi connectivity index (χ3v) is 3.76. The molecule has 1 aromatic heterocycles. The number of nitriles is 1. The van der Waals surface area contributed by atoms with Crippen molar-refractivity contribution in [2.24, 2.45) is 5.73 Å². The van der Waals surface area contributed by atoms with Crippen molar-refractivity contribution in [3.05, 3.63) is 51.7 Å². The van der Waals surface area contributed by atoms with E-state index in [0.717, 1.165) is 21.8 Å². The Bertz CT molecular complexity index is 651. The van der Waals surface area contributed by atoms with Gasteiger partial charge < -0.3 is 10.5 Å². The third-order valence-electron chi connectivity index (χ3n) is 2.87. The van der Waals surface area contributed by atoms with Gasteiger partial charge in [0.1, 0.15) is 11.8 Å². The minimum absolute atomic E-state index is 0.475. The SMILES string of the molecule is COc1cc(/C(N)=C(/C#N)c2cccs2)ccc1C. The number of nitrogens with zero attached hydrogens (tertiary/aromatic N) is 1. The second-order valence-electron chi connectivity index (χ2n) is 4.06. The normalized spacial score (nSPS) is 11.6. The lowest BCUT2D eigenvalue weighted by Crippen LogP contribution is -2.01. The lowest BCUT2D eigenvalue weighted by Gasteiger charge is -2.09. The quantitative estimate of drug-likeness (QED) is 0.869. The third kappa shape index (κ3) is 2.61. The summed E-state index contributed by atoms with van der Waals surface area (Å²) in [6.45, 7) is 1.97.